The summed E-state index contributed by atoms with van der Waals surface area (Å²) in [7, 11) is 0. The van der Waals surface area contributed by atoms with Gasteiger partial charge in [0.2, 0.25) is 5.82 Å². The topological polar surface area (TPSA) is 80.4 Å². The number of hydrogen-bond acceptors (Lipinski definition) is 3. The summed E-state index contributed by atoms with van der Waals surface area (Å²) < 4.78 is 12.9. The maximum absolute atomic E-state index is 12.9. The van der Waals surface area contributed by atoms with E-state index in [1.165, 1.54) is 13.0 Å². The molecule has 0 heterocycles. The number of hydrogen-bond donors (Lipinski definition) is 1. The van der Waals surface area contributed by atoms with E-state index in [0.717, 1.165) is 6.07 Å². The van der Waals surface area contributed by atoms with Crippen molar-refractivity contribution in [2.75, 3.05) is 0 Å². The second-order valence-corrected chi connectivity index (χ2v) is 2.65. The van der Waals surface area contributed by atoms with Crippen molar-refractivity contribution in [2.24, 2.45) is 0 Å². The molecule has 1 aromatic carbocycles. The smallest absolute Gasteiger partial charge is 0.343 e. The number of carbonyl (C=O) groups is 1. The molecule has 0 fully saturated rings. The van der Waals surface area contributed by atoms with Crippen molar-refractivity contribution in [1.29, 1.82) is 0 Å². The molecule has 1 N–H and O–H groups in total. The molecule has 0 amide bonds. The molecule has 0 saturated heterocycles. The highest BCUT2D eigenvalue weighted by atomic mass is 19.1. The van der Waals surface area contributed by atoms with Gasteiger partial charge in [-0.25, -0.2) is 4.79 Å². The van der Waals surface area contributed by atoms with Gasteiger partial charge < -0.3 is 5.11 Å². The highest BCUT2D eigenvalue weighted by Crippen LogP contribution is 2.25. The van der Waals surface area contributed by atoms with Gasteiger partial charge in [0.15, 0.2) is 0 Å². The van der Waals surface area contributed by atoms with Gasteiger partial charge in [-0.3, -0.25) is 10.1 Å². The summed E-state index contributed by atoms with van der Waals surface area (Å²) >= 11 is 0. The molecule has 0 saturated carbocycles. The molecule has 0 aromatic heterocycles. The van der Waals surface area contributed by atoms with E-state index in [0.29, 0.717) is 0 Å². The van der Waals surface area contributed by atoms with Crippen LogP contribution in [-0.2, 0) is 0 Å². The van der Waals surface area contributed by atoms with E-state index in [1.807, 2.05) is 0 Å². The monoisotopic (exact) mass is 199 g/mol. The molecule has 6 heteroatoms. The Hall–Kier alpha value is -1.98. The summed E-state index contributed by atoms with van der Waals surface area (Å²) in [6, 6.07) is 2.06. The van der Waals surface area contributed by atoms with Crippen molar-refractivity contribution in [3.63, 3.8) is 0 Å². The van der Waals surface area contributed by atoms with Crippen LogP contribution in [-0.4, -0.2) is 16.0 Å². The maximum atomic E-state index is 12.9. The average molecular weight is 199 g/mol. The number of rotatable bonds is 2. The van der Waals surface area contributed by atoms with Crippen LogP contribution in [0.5, 0.6) is 0 Å². The predicted octanol–water partition coefficient (Wildman–Crippen LogP) is 1.74. The number of nitrogens with zero attached hydrogens (tertiary/aromatic N) is 1. The lowest BCUT2D eigenvalue weighted by molar-refractivity contribution is -0.387. The Morgan fingerprint density at radius 3 is 2.50 bits per heavy atom. The molecular weight excluding hydrogens is 193 g/mol. The number of carboxylic acid groups (broad SMARTS) is 1. The lowest BCUT2D eigenvalue weighted by Gasteiger charge is -2.02. The zero-order valence-electron chi connectivity index (χ0n) is 7.15. The number of nitro benzene ring substituents is 1. The largest absolute Gasteiger partial charge is 0.477 e. The van der Waals surface area contributed by atoms with Gasteiger partial charge in [0, 0.05) is 0 Å². The first-order chi connectivity index (χ1) is 6.45. The van der Waals surface area contributed by atoms with E-state index in [-0.39, 0.29) is 5.56 Å². The van der Waals surface area contributed by atoms with E-state index in [1.54, 1.807) is 0 Å². The van der Waals surface area contributed by atoms with E-state index in [4.69, 9.17) is 5.11 Å². The van der Waals surface area contributed by atoms with Gasteiger partial charge in [0.25, 0.3) is 0 Å². The van der Waals surface area contributed by atoms with Crippen molar-refractivity contribution in [3.05, 3.63) is 39.2 Å². The van der Waals surface area contributed by atoms with Crippen LogP contribution in [0.4, 0.5) is 10.1 Å². The van der Waals surface area contributed by atoms with Gasteiger partial charge in [-0.2, -0.15) is 4.39 Å². The third-order valence-corrected chi connectivity index (χ3v) is 1.73. The first kappa shape index (κ1) is 10.1. The number of carboxylic acids is 1. The molecule has 14 heavy (non-hydrogen) atoms. The minimum absolute atomic E-state index is 0.158. The first-order valence-corrected chi connectivity index (χ1v) is 3.62. The highest BCUT2D eigenvalue weighted by Gasteiger charge is 2.26. The number of benzene rings is 1. The van der Waals surface area contributed by atoms with Gasteiger partial charge in [0.1, 0.15) is 5.56 Å². The Morgan fingerprint density at radius 2 is 2.14 bits per heavy atom. The number of nitro groups is 1. The third-order valence-electron chi connectivity index (χ3n) is 1.73. The number of aromatic carboxylic acids is 1. The summed E-state index contributed by atoms with van der Waals surface area (Å²) in [4.78, 5) is 20.0. The van der Waals surface area contributed by atoms with Crippen LogP contribution in [0.1, 0.15) is 15.9 Å². The molecule has 0 aliphatic rings. The minimum atomic E-state index is -1.51. The predicted molar refractivity (Wildman–Crippen MR) is 44.8 cm³/mol. The highest BCUT2D eigenvalue weighted by molar-refractivity contribution is 5.94. The molecule has 0 aliphatic carbocycles. The molecule has 74 valence electrons. The second kappa shape index (κ2) is 3.41. The van der Waals surface area contributed by atoms with E-state index >= 15 is 0 Å². The molecule has 5 nitrogen and oxygen atoms in total. The van der Waals surface area contributed by atoms with Gasteiger partial charge in [-0.1, -0.05) is 6.07 Å². The van der Waals surface area contributed by atoms with Crippen molar-refractivity contribution >= 4 is 11.7 Å². The minimum Gasteiger partial charge on any atom is -0.477 e. The normalized spacial score (nSPS) is 9.86. The lowest BCUT2D eigenvalue weighted by Crippen LogP contribution is -2.07. The summed E-state index contributed by atoms with van der Waals surface area (Å²) in [5, 5.41) is 19.1. The molecule has 1 aromatic rings. The fourth-order valence-corrected chi connectivity index (χ4v) is 1.12. The Balaban J connectivity index is 3.58. The SMILES string of the molecule is Cc1ccc(F)c([N+](=O)[O-])c1C(=O)O. The van der Waals surface area contributed by atoms with Gasteiger partial charge in [-0.05, 0) is 18.6 Å². The lowest BCUT2D eigenvalue weighted by atomic mass is 10.1. The molecule has 0 bridgehead atoms. The second-order valence-electron chi connectivity index (χ2n) is 2.65. The van der Waals surface area contributed by atoms with Crippen LogP contribution in [0.3, 0.4) is 0 Å². The van der Waals surface area contributed by atoms with Gasteiger partial charge >= 0.3 is 11.7 Å². The van der Waals surface area contributed by atoms with E-state index < -0.39 is 28.0 Å². The van der Waals surface area contributed by atoms with Crippen LogP contribution >= 0.6 is 0 Å². The van der Waals surface area contributed by atoms with Crippen LogP contribution in [0.15, 0.2) is 12.1 Å². The summed E-state index contributed by atoms with van der Waals surface area (Å²) in [5.41, 5.74) is -1.43. The zero-order valence-corrected chi connectivity index (χ0v) is 7.15. The molecule has 0 radical (unpaired) electrons. The Morgan fingerprint density at radius 1 is 1.57 bits per heavy atom. The molecule has 0 aliphatic heterocycles. The molecule has 0 unspecified atom stereocenters. The van der Waals surface area contributed by atoms with E-state index in [9.17, 15) is 19.3 Å². The van der Waals surface area contributed by atoms with Crippen molar-refractivity contribution < 1.29 is 19.2 Å². The summed E-state index contributed by atoms with van der Waals surface area (Å²) in [6.45, 7) is 1.37. The van der Waals surface area contributed by atoms with Crippen molar-refractivity contribution in [3.8, 4) is 0 Å². The zero-order chi connectivity index (χ0) is 10.9. The van der Waals surface area contributed by atoms with Crippen LogP contribution in [0.25, 0.3) is 0 Å². The third kappa shape index (κ3) is 1.54. The molecule has 0 spiro atoms. The average Bonchev–Trinajstić information content (AvgIpc) is 2.07. The molecule has 0 atom stereocenters. The van der Waals surface area contributed by atoms with E-state index in [2.05, 4.69) is 0 Å². The van der Waals surface area contributed by atoms with Gasteiger partial charge in [0.05, 0.1) is 4.92 Å². The number of aryl methyl sites for hydroxylation is 1. The Kier molecular flexibility index (Phi) is 2.46. The Bertz CT molecular complexity index is 377. The summed E-state index contributed by atoms with van der Waals surface area (Å²) in [5.74, 6) is -2.65. The van der Waals surface area contributed by atoms with Crippen LogP contribution in [0.2, 0.25) is 0 Å². The van der Waals surface area contributed by atoms with Gasteiger partial charge in [-0.15, -0.1) is 0 Å². The molecular formula is C8H6FNO4. The Labute approximate surface area is 77.9 Å². The standard InChI is InChI=1S/C8H6FNO4/c1-4-2-3-5(9)7(10(13)14)6(4)8(11)12/h2-3H,1H3,(H,11,12). The molecule has 1 rings (SSSR count). The van der Waals surface area contributed by atoms with Crippen molar-refractivity contribution in [1.82, 2.24) is 0 Å². The van der Waals surface area contributed by atoms with Crippen LogP contribution in [0, 0.1) is 22.9 Å². The van der Waals surface area contributed by atoms with Crippen molar-refractivity contribution in [2.45, 2.75) is 6.92 Å². The summed E-state index contributed by atoms with van der Waals surface area (Å²) in [6.07, 6.45) is 0. The van der Waals surface area contributed by atoms with Crippen LogP contribution < -0.4 is 0 Å². The number of halogens is 1. The maximum Gasteiger partial charge on any atom is 0.343 e. The first-order valence-electron chi connectivity index (χ1n) is 3.62. The quantitative estimate of drug-likeness (QED) is 0.581. The fourth-order valence-electron chi connectivity index (χ4n) is 1.12. The fraction of sp³-hybridized carbons (Fsp3) is 0.125.